The van der Waals surface area contributed by atoms with Crippen molar-refractivity contribution in [3.05, 3.63) is 94.6 Å². The Hall–Kier alpha value is -5.04. The molecule has 0 radical (unpaired) electrons. The first kappa shape index (κ1) is 48.4. The van der Waals surface area contributed by atoms with Crippen molar-refractivity contribution >= 4 is 56.7 Å². The summed E-state index contributed by atoms with van der Waals surface area (Å²) in [4.78, 5) is 30.8. The van der Waals surface area contributed by atoms with Crippen LogP contribution in [0.15, 0.2) is 70.9 Å². The van der Waals surface area contributed by atoms with Gasteiger partial charge < -0.3 is 18.9 Å². The van der Waals surface area contributed by atoms with Crippen LogP contribution in [0.25, 0.3) is 44.8 Å². The van der Waals surface area contributed by atoms with Gasteiger partial charge in [0.15, 0.2) is 11.6 Å². The van der Waals surface area contributed by atoms with Crippen molar-refractivity contribution in [2.24, 2.45) is 9.98 Å². The highest BCUT2D eigenvalue weighted by Crippen LogP contribution is 2.37. The normalized spacial score (nSPS) is 17.4. The number of aryl methyl sites for hydroxylation is 2. The molecule has 2 unspecified atom stereocenters. The van der Waals surface area contributed by atoms with Gasteiger partial charge in [0.05, 0.1) is 35.7 Å². The molecule has 7 heterocycles. The van der Waals surface area contributed by atoms with E-state index >= 15 is 0 Å². The van der Waals surface area contributed by atoms with Crippen molar-refractivity contribution in [1.29, 1.82) is 0 Å². The van der Waals surface area contributed by atoms with Crippen LogP contribution in [0.5, 0.6) is 0 Å². The first-order valence-corrected chi connectivity index (χ1v) is 31.5. The highest BCUT2D eigenvalue weighted by atomic mass is 28.3. The molecule has 15 heteroatoms. The summed E-state index contributed by atoms with van der Waals surface area (Å²) in [5.41, 5.74) is 14.9. The number of aromatic nitrogens is 6. The number of carbonyl (C=O) groups is 1. The monoisotopic (exact) mass is 942 g/mol. The standard InChI is InChI=1S/C27H37N4O3Si.C25H33N4O2Si/c1-7-23-24(20-8-10-21(11-9-20)27(3)33-12-13-34-27)30(18-32-14-15-35(4,5)6)26-25(23)31-19(2)28-16-22(31)17-29-26;1-7-22-23(20-10-8-19(9-11-20)17(2)30)28(16-31-12-13-32(4,5)6)25-24(22)29-18(3)26-14-21(29)15-27-25/h8-11,16-17,19H,7,12-15,18H2,1-6H3;8-11,14-15,18H,7,12-13,16H2,1-6H3/q2*+1. The zero-order chi connectivity index (χ0) is 47.8. The van der Waals surface area contributed by atoms with E-state index in [0.717, 1.165) is 106 Å². The Bertz CT molecular complexity index is 2830. The molecule has 3 aliphatic heterocycles. The van der Waals surface area contributed by atoms with Crippen molar-refractivity contribution in [2.75, 3.05) is 26.4 Å². The zero-order valence-corrected chi connectivity index (χ0v) is 43.8. The lowest BCUT2D eigenvalue weighted by Gasteiger charge is -2.23. The van der Waals surface area contributed by atoms with Gasteiger partial charge in [0, 0.05) is 54.3 Å². The van der Waals surface area contributed by atoms with Crippen LogP contribution in [0.3, 0.4) is 0 Å². The molecular formula is C52H70N8O5Si2+2. The summed E-state index contributed by atoms with van der Waals surface area (Å²) in [6.45, 7) is 30.1. The van der Waals surface area contributed by atoms with Crippen molar-refractivity contribution < 1.29 is 32.9 Å². The first-order chi connectivity index (χ1) is 31.9. The third-order valence-corrected chi connectivity index (χ3v) is 16.5. The average molecular weight is 943 g/mol. The molecule has 1 saturated heterocycles. The number of fused-ring (bicyclic) bond motifs is 6. The lowest BCUT2D eigenvalue weighted by molar-refractivity contribution is -0.689. The third kappa shape index (κ3) is 9.95. The minimum atomic E-state index is -1.17. The highest BCUT2D eigenvalue weighted by molar-refractivity contribution is 6.76. The van der Waals surface area contributed by atoms with E-state index in [4.69, 9.17) is 28.9 Å². The van der Waals surface area contributed by atoms with Crippen LogP contribution in [-0.2, 0) is 51.0 Å². The molecule has 3 aliphatic rings. The molecule has 0 saturated carbocycles. The number of Topliss-reactive ketones (excluding diaryl/α,β-unsaturated/α-hetero) is 1. The zero-order valence-electron chi connectivity index (χ0n) is 41.8. The maximum Gasteiger partial charge on any atom is 0.256 e. The summed E-state index contributed by atoms with van der Waals surface area (Å²) in [5.74, 6) is -0.604. The number of ketones is 1. The molecule has 354 valence electrons. The van der Waals surface area contributed by atoms with Gasteiger partial charge in [0.2, 0.25) is 35.0 Å². The molecule has 0 N–H and O–H groups in total. The lowest BCUT2D eigenvalue weighted by Crippen LogP contribution is -2.39. The van der Waals surface area contributed by atoms with Gasteiger partial charge in [0.25, 0.3) is 11.0 Å². The van der Waals surface area contributed by atoms with Crippen molar-refractivity contribution in [1.82, 2.24) is 19.1 Å². The molecule has 2 atom stereocenters. The fraction of sp³-hybridized carbons (Fsp3) is 0.481. The topological polar surface area (TPSA) is 122 Å². The fourth-order valence-corrected chi connectivity index (χ4v) is 10.8. The van der Waals surface area contributed by atoms with E-state index in [1.54, 1.807) is 6.92 Å². The average Bonchev–Trinajstić information content (AvgIpc) is 4.13. The molecular weight excluding hydrogens is 873 g/mol. The summed E-state index contributed by atoms with van der Waals surface area (Å²) in [7, 11) is -2.34. The van der Waals surface area contributed by atoms with Gasteiger partial charge in [-0.2, -0.15) is 9.13 Å². The van der Waals surface area contributed by atoms with Gasteiger partial charge in [-0.05, 0) is 49.9 Å². The molecule has 1 fully saturated rings. The molecule has 67 heavy (non-hydrogen) atoms. The lowest BCUT2D eigenvalue weighted by atomic mass is 10.0. The smallest absolute Gasteiger partial charge is 0.256 e. The molecule has 2 aromatic carbocycles. The molecule has 4 aromatic heterocycles. The second kappa shape index (κ2) is 19.5. The second-order valence-corrected chi connectivity index (χ2v) is 31.8. The van der Waals surface area contributed by atoms with E-state index in [-0.39, 0.29) is 18.1 Å². The highest BCUT2D eigenvalue weighted by Gasteiger charge is 2.36. The van der Waals surface area contributed by atoms with Crippen LogP contribution in [0.2, 0.25) is 51.4 Å². The van der Waals surface area contributed by atoms with Crippen LogP contribution in [0.1, 0.15) is 92.3 Å². The Morgan fingerprint density at radius 3 is 1.51 bits per heavy atom. The van der Waals surface area contributed by atoms with Crippen molar-refractivity contribution in [2.45, 2.75) is 137 Å². The Morgan fingerprint density at radius 1 is 0.701 bits per heavy atom. The minimum Gasteiger partial charge on any atom is -0.361 e. The maximum absolute atomic E-state index is 11.8. The van der Waals surface area contributed by atoms with Gasteiger partial charge in [-0.1, -0.05) is 102 Å². The van der Waals surface area contributed by atoms with Crippen molar-refractivity contribution in [3.8, 4) is 22.5 Å². The summed E-state index contributed by atoms with van der Waals surface area (Å²) in [5, 5.41) is 0. The summed E-state index contributed by atoms with van der Waals surface area (Å²) >= 11 is 0. The van der Waals surface area contributed by atoms with E-state index in [9.17, 15) is 4.79 Å². The number of ether oxygens (including phenoxy) is 4. The number of nitrogens with zero attached hydrogens (tertiary/aromatic N) is 8. The van der Waals surface area contributed by atoms with Gasteiger partial charge in [-0.15, -0.1) is 0 Å². The number of hydrogen-bond acceptors (Lipinski definition) is 9. The Morgan fingerprint density at radius 2 is 1.12 bits per heavy atom. The Kier molecular flexibility index (Phi) is 14.1. The number of rotatable bonds is 16. The SMILES string of the molecule is CCc1c(-c2ccc(C(C)=O)cc2)n(COCC[Si](C)(C)C)c2ncc3[n+](c12)C(C)N=C3.CCc1c(-c2ccc(C3(C)OCCO3)cc2)n(COCC[Si](C)(C)C)c2ncc3[n+](c12)C(C)N=C3. The number of carbonyl (C=O) groups excluding carboxylic acids is 1. The molecule has 6 aromatic rings. The van der Waals surface area contributed by atoms with E-state index in [0.29, 0.717) is 26.7 Å². The van der Waals surface area contributed by atoms with Gasteiger partial charge in [-0.25, -0.2) is 20.0 Å². The van der Waals surface area contributed by atoms with Gasteiger partial charge in [0.1, 0.15) is 38.3 Å². The van der Waals surface area contributed by atoms with Crippen LogP contribution >= 0.6 is 0 Å². The summed E-state index contributed by atoms with van der Waals surface area (Å²) in [6.07, 6.45) is 9.49. The van der Waals surface area contributed by atoms with Gasteiger partial charge in [-0.3, -0.25) is 13.9 Å². The predicted octanol–water partition coefficient (Wildman–Crippen LogP) is 10.1. The van der Waals surface area contributed by atoms with E-state index in [2.05, 4.69) is 119 Å². The number of hydrogen-bond donors (Lipinski definition) is 0. The molecule has 0 spiro atoms. The number of benzene rings is 2. The molecule has 13 nitrogen and oxygen atoms in total. The molecule has 9 rings (SSSR count). The molecule has 0 amide bonds. The second-order valence-electron chi connectivity index (χ2n) is 20.5. The van der Waals surface area contributed by atoms with Crippen LogP contribution < -0.4 is 9.13 Å². The Labute approximate surface area is 397 Å². The summed E-state index contributed by atoms with van der Waals surface area (Å²) in [6, 6.07) is 18.7. The van der Waals surface area contributed by atoms with Crippen molar-refractivity contribution in [3.63, 3.8) is 0 Å². The van der Waals surface area contributed by atoms with E-state index in [1.165, 1.54) is 11.1 Å². The first-order valence-electron chi connectivity index (χ1n) is 24.1. The molecule has 0 bridgehead atoms. The fourth-order valence-electron chi connectivity index (χ4n) is 9.32. The molecule has 0 aliphatic carbocycles. The quantitative estimate of drug-likeness (QED) is 0.0410. The Balaban J connectivity index is 0.000000182. The van der Waals surface area contributed by atoms with Gasteiger partial charge >= 0.3 is 0 Å². The number of aliphatic imine (C=N–C) groups is 2. The van der Waals surface area contributed by atoms with E-state index < -0.39 is 21.9 Å². The van der Waals surface area contributed by atoms with Crippen LogP contribution in [0, 0.1) is 0 Å². The maximum atomic E-state index is 11.8. The predicted molar refractivity (Wildman–Crippen MR) is 272 cm³/mol. The van der Waals surface area contributed by atoms with E-state index in [1.807, 2.05) is 56.0 Å². The largest absolute Gasteiger partial charge is 0.361 e. The summed E-state index contributed by atoms with van der Waals surface area (Å²) < 4.78 is 33.2. The third-order valence-electron chi connectivity index (χ3n) is 13.1. The van der Waals surface area contributed by atoms with Crippen LogP contribution in [-0.4, -0.2) is 79.9 Å². The minimum absolute atomic E-state index is 0.0393. The van der Waals surface area contributed by atoms with Crippen LogP contribution in [0.4, 0.5) is 0 Å².